The van der Waals surface area contributed by atoms with Crippen LogP contribution in [0.4, 0.5) is 5.95 Å². The third-order valence-corrected chi connectivity index (χ3v) is 4.31. The lowest BCUT2D eigenvalue weighted by Crippen LogP contribution is -2.16. The molecule has 0 aromatic carbocycles. The number of nitrogens with one attached hydrogen (secondary N) is 1. The van der Waals surface area contributed by atoms with E-state index in [0.29, 0.717) is 11.6 Å². The molecule has 0 saturated heterocycles. The second-order valence-corrected chi connectivity index (χ2v) is 6.14. The van der Waals surface area contributed by atoms with Crippen LogP contribution in [0.5, 0.6) is 0 Å². The molecule has 1 saturated carbocycles. The fourth-order valence-electron chi connectivity index (χ4n) is 3.09. The van der Waals surface area contributed by atoms with Gasteiger partial charge in [-0.05, 0) is 32.6 Å². The SMILES string of the molecule is C=C=C(C)Nc1nc2ncc(C)nc2n1CC1CCCCC1. The van der Waals surface area contributed by atoms with E-state index >= 15 is 0 Å². The normalized spacial score (nSPS) is 15.7. The number of allylic oxidation sites excluding steroid dienone is 1. The van der Waals surface area contributed by atoms with Crippen LogP contribution in [0.25, 0.3) is 11.3 Å². The second kappa shape index (κ2) is 6.32. The van der Waals surface area contributed by atoms with E-state index in [4.69, 9.17) is 0 Å². The molecule has 5 heteroatoms. The zero-order chi connectivity index (χ0) is 15.5. The summed E-state index contributed by atoms with van der Waals surface area (Å²) in [6.45, 7) is 8.52. The molecular weight excluding hydrogens is 274 g/mol. The molecule has 0 aliphatic heterocycles. The molecule has 0 amide bonds. The standard InChI is InChI=1S/C17H23N5/c1-4-12(2)20-17-21-15-16(19-13(3)10-18-15)22(17)11-14-8-6-5-7-9-14/h10,14H,1,5-9,11H2,2-3H3,(H,18,20,21). The first-order valence-corrected chi connectivity index (χ1v) is 8.01. The molecule has 1 fully saturated rings. The number of aromatic nitrogens is 4. The summed E-state index contributed by atoms with van der Waals surface area (Å²) < 4.78 is 2.17. The van der Waals surface area contributed by atoms with Crippen molar-refractivity contribution in [2.75, 3.05) is 5.32 Å². The molecule has 1 aliphatic rings. The van der Waals surface area contributed by atoms with Gasteiger partial charge in [-0.25, -0.2) is 9.97 Å². The Bertz CT molecular complexity index is 718. The molecule has 1 N–H and O–H groups in total. The molecule has 0 unspecified atom stereocenters. The van der Waals surface area contributed by atoms with E-state index in [1.165, 1.54) is 32.1 Å². The summed E-state index contributed by atoms with van der Waals surface area (Å²) in [6, 6.07) is 0. The van der Waals surface area contributed by atoms with Crippen molar-refractivity contribution in [3.8, 4) is 0 Å². The highest BCUT2D eigenvalue weighted by molar-refractivity contribution is 5.70. The van der Waals surface area contributed by atoms with Crippen LogP contribution in [0.15, 0.2) is 24.2 Å². The summed E-state index contributed by atoms with van der Waals surface area (Å²) in [5, 5.41) is 3.27. The lowest BCUT2D eigenvalue weighted by molar-refractivity contribution is 0.323. The van der Waals surface area contributed by atoms with Crippen LogP contribution in [-0.4, -0.2) is 19.5 Å². The van der Waals surface area contributed by atoms with Crippen molar-refractivity contribution in [3.63, 3.8) is 0 Å². The fraction of sp³-hybridized carbons (Fsp3) is 0.529. The van der Waals surface area contributed by atoms with E-state index in [0.717, 1.165) is 29.5 Å². The molecular formula is C17H23N5. The van der Waals surface area contributed by atoms with Crippen LogP contribution < -0.4 is 5.32 Å². The number of rotatable bonds is 4. The average Bonchev–Trinajstić information content (AvgIpc) is 2.85. The predicted molar refractivity (Wildman–Crippen MR) is 88.6 cm³/mol. The molecule has 0 radical (unpaired) electrons. The van der Waals surface area contributed by atoms with Crippen LogP contribution in [0, 0.1) is 12.8 Å². The molecule has 5 nitrogen and oxygen atoms in total. The van der Waals surface area contributed by atoms with Crippen LogP contribution in [-0.2, 0) is 6.54 Å². The van der Waals surface area contributed by atoms with Gasteiger partial charge in [0.25, 0.3) is 0 Å². The van der Waals surface area contributed by atoms with E-state index in [1.54, 1.807) is 6.20 Å². The third kappa shape index (κ3) is 3.04. The van der Waals surface area contributed by atoms with Gasteiger partial charge in [0.2, 0.25) is 5.95 Å². The second-order valence-electron chi connectivity index (χ2n) is 6.14. The molecule has 0 bridgehead atoms. The first-order chi connectivity index (χ1) is 10.7. The Labute approximate surface area is 131 Å². The van der Waals surface area contributed by atoms with Gasteiger partial charge in [0.1, 0.15) is 0 Å². The first-order valence-electron chi connectivity index (χ1n) is 8.01. The van der Waals surface area contributed by atoms with Gasteiger partial charge >= 0.3 is 0 Å². The molecule has 1 aliphatic carbocycles. The van der Waals surface area contributed by atoms with Gasteiger partial charge in [0, 0.05) is 6.54 Å². The number of hydrogen-bond donors (Lipinski definition) is 1. The summed E-state index contributed by atoms with van der Waals surface area (Å²) in [6.07, 6.45) is 8.36. The summed E-state index contributed by atoms with van der Waals surface area (Å²) in [5.41, 5.74) is 6.20. The number of nitrogens with zero attached hydrogens (tertiary/aromatic N) is 4. The van der Waals surface area contributed by atoms with Gasteiger partial charge in [-0.15, -0.1) is 5.73 Å². The molecule has 116 valence electrons. The zero-order valence-electron chi connectivity index (χ0n) is 13.4. The molecule has 0 atom stereocenters. The quantitative estimate of drug-likeness (QED) is 0.872. The smallest absolute Gasteiger partial charge is 0.211 e. The molecule has 0 spiro atoms. The monoisotopic (exact) mass is 297 g/mol. The van der Waals surface area contributed by atoms with E-state index < -0.39 is 0 Å². The Hall–Kier alpha value is -2.13. The highest BCUT2D eigenvalue weighted by Gasteiger charge is 2.19. The van der Waals surface area contributed by atoms with E-state index in [1.807, 2.05) is 13.8 Å². The van der Waals surface area contributed by atoms with Crippen molar-refractivity contribution >= 4 is 17.2 Å². The van der Waals surface area contributed by atoms with Gasteiger partial charge in [-0.2, -0.15) is 4.98 Å². The van der Waals surface area contributed by atoms with Crippen molar-refractivity contribution in [2.24, 2.45) is 5.92 Å². The lowest BCUT2D eigenvalue weighted by Gasteiger charge is -2.23. The Morgan fingerprint density at radius 1 is 1.36 bits per heavy atom. The minimum Gasteiger partial charge on any atom is -0.323 e. The van der Waals surface area contributed by atoms with E-state index in [9.17, 15) is 0 Å². The van der Waals surface area contributed by atoms with Crippen molar-refractivity contribution < 1.29 is 0 Å². The van der Waals surface area contributed by atoms with Crippen LogP contribution in [0.2, 0.25) is 0 Å². The number of fused-ring (bicyclic) bond motifs is 1. The Morgan fingerprint density at radius 3 is 2.86 bits per heavy atom. The van der Waals surface area contributed by atoms with Crippen LogP contribution in [0.1, 0.15) is 44.7 Å². The minimum absolute atomic E-state index is 0.695. The predicted octanol–water partition coefficient (Wildman–Crippen LogP) is 3.82. The Kier molecular flexibility index (Phi) is 4.25. The summed E-state index contributed by atoms with van der Waals surface area (Å²) in [4.78, 5) is 13.7. The topological polar surface area (TPSA) is 55.6 Å². The maximum Gasteiger partial charge on any atom is 0.211 e. The van der Waals surface area contributed by atoms with E-state index in [-0.39, 0.29) is 0 Å². The molecule has 2 aromatic heterocycles. The summed E-state index contributed by atoms with van der Waals surface area (Å²) in [5.74, 6) is 1.49. The zero-order valence-corrected chi connectivity index (χ0v) is 13.4. The van der Waals surface area contributed by atoms with Gasteiger partial charge in [0.15, 0.2) is 11.3 Å². The first kappa shape index (κ1) is 14.8. The van der Waals surface area contributed by atoms with Crippen molar-refractivity contribution in [1.29, 1.82) is 0 Å². The third-order valence-electron chi connectivity index (χ3n) is 4.31. The molecule has 3 rings (SSSR count). The minimum atomic E-state index is 0.695. The average molecular weight is 297 g/mol. The largest absolute Gasteiger partial charge is 0.323 e. The fourth-order valence-corrected chi connectivity index (χ4v) is 3.09. The number of anilines is 1. The lowest BCUT2D eigenvalue weighted by atomic mass is 9.89. The van der Waals surface area contributed by atoms with Gasteiger partial charge in [-0.3, -0.25) is 4.57 Å². The van der Waals surface area contributed by atoms with Gasteiger partial charge in [0.05, 0.1) is 17.6 Å². The maximum absolute atomic E-state index is 4.65. The Morgan fingerprint density at radius 2 is 2.14 bits per heavy atom. The summed E-state index contributed by atoms with van der Waals surface area (Å²) in [7, 11) is 0. The highest BCUT2D eigenvalue weighted by atomic mass is 15.3. The van der Waals surface area contributed by atoms with Gasteiger partial charge < -0.3 is 5.32 Å². The highest BCUT2D eigenvalue weighted by Crippen LogP contribution is 2.28. The van der Waals surface area contributed by atoms with Crippen molar-refractivity contribution in [2.45, 2.75) is 52.5 Å². The number of aryl methyl sites for hydroxylation is 1. The molecule has 2 aromatic rings. The Balaban J connectivity index is 2.00. The molecule has 22 heavy (non-hydrogen) atoms. The molecule has 2 heterocycles. The maximum atomic E-state index is 4.65. The van der Waals surface area contributed by atoms with Crippen molar-refractivity contribution in [3.05, 3.63) is 29.9 Å². The van der Waals surface area contributed by atoms with Crippen LogP contribution in [0.3, 0.4) is 0 Å². The van der Waals surface area contributed by atoms with Gasteiger partial charge in [-0.1, -0.05) is 25.8 Å². The van der Waals surface area contributed by atoms with Crippen molar-refractivity contribution in [1.82, 2.24) is 19.5 Å². The summed E-state index contributed by atoms with van der Waals surface area (Å²) >= 11 is 0. The number of imidazole rings is 1. The number of hydrogen-bond acceptors (Lipinski definition) is 4. The van der Waals surface area contributed by atoms with Crippen LogP contribution >= 0.6 is 0 Å². The van der Waals surface area contributed by atoms with E-state index in [2.05, 4.69) is 37.1 Å².